The lowest BCUT2D eigenvalue weighted by Crippen LogP contribution is -2.27. The van der Waals surface area contributed by atoms with Crippen molar-refractivity contribution < 1.29 is 4.79 Å². The van der Waals surface area contributed by atoms with Gasteiger partial charge in [-0.3, -0.25) is 9.36 Å². The van der Waals surface area contributed by atoms with E-state index in [4.69, 9.17) is 16.6 Å². The molecule has 1 heterocycles. The number of carbonyl (C=O) groups is 1. The second-order valence-electron chi connectivity index (χ2n) is 6.57. The third-order valence-electron chi connectivity index (χ3n) is 4.53. The van der Waals surface area contributed by atoms with E-state index in [2.05, 4.69) is 9.88 Å². The van der Waals surface area contributed by atoms with Gasteiger partial charge in [0, 0.05) is 17.3 Å². The Morgan fingerprint density at radius 3 is 2.48 bits per heavy atom. The van der Waals surface area contributed by atoms with Crippen molar-refractivity contribution in [3.05, 3.63) is 89.4 Å². The quantitative estimate of drug-likeness (QED) is 0.421. The number of hydrogen-bond donors (Lipinski definition) is 1. The van der Waals surface area contributed by atoms with Gasteiger partial charge in [-0.05, 0) is 48.4 Å². The van der Waals surface area contributed by atoms with Gasteiger partial charge < -0.3 is 5.32 Å². The summed E-state index contributed by atoms with van der Waals surface area (Å²) in [4.78, 5) is 17.1. The Bertz CT molecular complexity index is 1110. The van der Waals surface area contributed by atoms with Crippen molar-refractivity contribution in [3.63, 3.8) is 0 Å². The van der Waals surface area contributed by atoms with Crippen LogP contribution in [0, 0.1) is 0 Å². The third kappa shape index (κ3) is 4.81. The molecule has 0 bridgehead atoms. The molecule has 1 amide bonds. The van der Waals surface area contributed by atoms with E-state index in [0.29, 0.717) is 12.3 Å². The molecule has 0 fully saturated rings. The van der Waals surface area contributed by atoms with Crippen LogP contribution in [0.5, 0.6) is 0 Å². The number of benzene rings is 3. The number of hydrogen-bond acceptors (Lipinski definition) is 3. The van der Waals surface area contributed by atoms with Crippen LogP contribution in [0.25, 0.3) is 16.7 Å². The van der Waals surface area contributed by atoms with Crippen molar-refractivity contribution in [1.82, 2.24) is 14.9 Å². The van der Waals surface area contributed by atoms with E-state index in [0.717, 1.165) is 38.9 Å². The second kappa shape index (κ2) is 9.16. The molecule has 6 heteroatoms. The molecule has 0 aliphatic heterocycles. The summed E-state index contributed by atoms with van der Waals surface area (Å²) < 4.78 is 2.10. The fourth-order valence-electron chi connectivity index (χ4n) is 3.11. The molecule has 0 saturated heterocycles. The highest BCUT2D eigenvalue weighted by molar-refractivity contribution is 7.99. The molecule has 29 heavy (non-hydrogen) atoms. The molecule has 1 aromatic heterocycles. The summed E-state index contributed by atoms with van der Waals surface area (Å²) in [6.45, 7) is 0.593. The normalized spacial score (nSPS) is 10.9. The zero-order valence-corrected chi connectivity index (χ0v) is 17.3. The molecular formula is C23H20ClN3OS. The Hall–Kier alpha value is -2.76. The minimum atomic E-state index is -0.00405. The van der Waals surface area contributed by atoms with Gasteiger partial charge in [0.25, 0.3) is 0 Å². The number of thioether (sulfide) groups is 1. The fourth-order valence-corrected chi connectivity index (χ4v) is 4.09. The number of aromatic nitrogens is 2. The van der Waals surface area contributed by atoms with Gasteiger partial charge in [0.2, 0.25) is 5.91 Å². The lowest BCUT2D eigenvalue weighted by atomic mass is 10.1. The smallest absolute Gasteiger partial charge is 0.230 e. The summed E-state index contributed by atoms with van der Waals surface area (Å²) in [6.07, 6.45) is 0.774. The summed E-state index contributed by atoms with van der Waals surface area (Å²) in [5.74, 6) is 0.312. The number of para-hydroxylation sites is 3. The number of amides is 1. The van der Waals surface area contributed by atoms with Crippen LogP contribution in [-0.2, 0) is 11.2 Å². The van der Waals surface area contributed by atoms with Gasteiger partial charge in [-0.15, -0.1) is 0 Å². The van der Waals surface area contributed by atoms with Gasteiger partial charge in [0.1, 0.15) is 0 Å². The molecule has 0 unspecified atom stereocenters. The van der Waals surface area contributed by atoms with Gasteiger partial charge in [0.05, 0.1) is 16.8 Å². The maximum absolute atomic E-state index is 12.3. The lowest BCUT2D eigenvalue weighted by Gasteiger charge is -2.09. The predicted octanol–water partition coefficient (Wildman–Crippen LogP) is 5.13. The monoisotopic (exact) mass is 421 g/mol. The molecule has 0 aliphatic carbocycles. The van der Waals surface area contributed by atoms with Crippen molar-refractivity contribution in [2.45, 2.75) is 11.6 Å². The van der Waals surface area contributed by atoms with Gasteiger partial charge in [-0.1, -0.05) is 65.8 Å². The van der Waals surface area contributed by atoms with Crippen molar-refractivity contribution in [2.75, 3.05) is 12.3 Å². The maximum Gasteiger partial charge on any atom is 0.230 e. The molecule has 0 spiro atoms. The average Bonchev–Trinajstić information content (AvgIpc) is 3.13. The largest absolute Gasteiger partial charge is 0.355 e. The van der Waals surface area contributed by atoms with E-state index in [9.17, 15) is 4.79 Å². The Morgan fingerprint density at radius 1 is 0.966 bits per heavy atom. The fraction of sp³-hybridized carbons (Fsp3) is 0.130. The number of nitrogens with one attached hydrogen (secondary N) is 1. The first-order chi connectivity index (χ1) is 14.2. The van der Waals surface area contributed by atoms with Gasteiger partial charge in [0.15, 0.2) is 5.16 Å². The minimum absolute atomic E-state index is 0.00405. The molecule has 0 atom stereocenters. The molecule has 1 N–H and O–H groups in total. The van der Waals surface area contributed by atoms with E-state index in [1.54, 1.807) is 0 Å². The predicted molar refractivity (Wildman–Crippen MR) is 120 cm³/mol. The SMILES string of the molecule is O=C(CSc1nc2ccccc2n1-c1ccccc1)NCCc1ccc(Cl)cc1. The van der Waals surface area contributed by atoms with E-state index >= 15 is 0 Å². The van der Waals surface area contributed by atoms with Crippen molar-refractivity contribution in [3.8, 4) is 5.69 Å². The Kier molecular flexibility index (Phi) is 6.17. The Morgan fingerprint density at radius 2 is 1.69 bits per heavy atom. The highest BCUT2D eigenvalue weighted by Gasteiger charge is 2.14. The minimum Gasteiger partial charge on any atom is -0.355 e. The molecule has 4 rings (SSSR count). The Balaban J connectivity index is 1.41. The van der Waals surface area contributed by atoms with Crippen LogP contribution in [0.4, 0.5) is 0 Å². The van der Waals surface area contributed by atoms with Crippen LogP contribution in [0.3, 0.4) is 0 Å². The molecule has 146 valence electrons. The zero-order valence-electron chi connectivity index (χ0n) is 15.7. The highest BCUT2D eigenvalue weighted by Crippen LogP contribution is 2.27. The molecule has 3 aromatic carbocycles. The first-order valence-electron chi connectivity index (χ1n) is 9.37. The number of carbonyl (C=O) groups excluding carboxylic acids is 1. The summed E-state index contributed by atoms with van der Waals surface area (Å²) in [5.41, 5.74) is 4.13. The molecule has 0 aliphatic rings. The lowest BCUT2D eigenvalue weighted by molar-refractivity contribution is -0.118. The van der Waals surface area contributed by atoms with Gasteiger partial charge in [-0.25, -0.2) is 4.98 Å². The van der Waals surface area contributed by atoms with Crippen LogP contribution in [0.2, 0.25) is 5.02 Å². The highest BCUT2D eigenvalue weighted by atomic mass is 35.5. The van der Waals surface area contributed by atoms with Crippen LogP contribution in [-0.4, -0.2) is 27.8 Å². The summed E-state index contributed by atoms with van der Waals surface area (Å²) in [5, 5.41) is 4.51. The van der Waals surface area contributed by atoms with Crippen molar-refractivity contribution in [2.24, 2.45) is 0 Å². The topological polar surface area (TPSA) is 46.9 Å². The molecule has 0 radical (unpaired) electrons. The van der Waals surface area contributed by atoms with Gasteiger partial charge in [-0.2, -0.15) is 0 Å². The number of nitrogens with zero attached hydrogens (tertiary/aromatic N) is 2. The summed E-state index contributed by atoms with van der Waals surface area (Å²) >= 11 is 7.35. The third-order valence-corrected chi connectivity index (χ3v) is 5.72. The average molecular weight is 422 g/mol. The maximum atomic E-state index is 12.3. The van der Waals surface area contributed by atoms with Crippen molar-refractivity contribution in [1.29, 1.82) is 0 Å². The number of fused-ring (bicyclic) bond motifs is 1. The van der Waals surface area contributed by atoms with E-state index in [-0.39, 0.29) is 5.91 Å². The standard InChI is InChI=1S/C23H20ClN3OS/c24-18-12-10-17(11-13-18)14-15-25-22(28)16-29-23-26-20-8-4-5-9-21(20)27(23)19-6-2-1-3-7-19/h1-13H,14-16H2,(H,25,28). The number of imidazole rings is 1. The Labute approximate surface area is 178 Å². The van der Waals surface area contributed by atoms with Crippen LogP contribution in [0.15, 0.2) is 84.0 Å². The van der Waals surface area contributed by atoms with Crippen LogP contribution < -0.4 is 5.32 Å². The molecule has 4 aromatic rings. The van der Waals surface area contributed by atoms with Crippen LogP contribution in [0.1, 0.15) is 5.56 Å². The van der Waals surface area contributed by atoms with Crippen molar-refractivity contribution >= 4 is 40.3 Å². The summed E-state index contributed by atoms with van der Waals surface area (Å²) in [7, 11) is 0. The molecular weight excluding hydrogens is 402 g/mol. The first-order valence-corrected chi connectivity index (χ1v) is 10.7. The van der Waals surface area contributed by atoms with E-state index in [1.807, 2.05) is 78.9 Å². The second-order valence-corrected chi connectivity index (χ2v) is 7.95. The van der Waals surface area contributed by atoms with E-state index in [1.165, 1.54) is 11.8 Å². The molecule has 4 nitrogen and oxygen atoms in total. The van der Waals surface area contributed by atoms with Crippen LogP contribution >= 0.6 is 23.4 Å². The number of rotatable bonds is 7. The van der Waals surface area contributed by atoms with Gasteiger partial charge >= 0.3 is 0 Å². The van der Waals surface area contributed by atoms with E-state index < -0.39 is 0 Å². The zero-order chi connectivity index (χ0) is 20.1. The summed E-state index contributed by atoms with van der Waals surface area (Å²) in [6, 6.07) is 25.8. The molecule has 0 saturated carbocycles. The first kappa shape index (κ1) is 19.6. The number of halogens is 1.